The Bertz CT molecular complexity index is 885. The van der Waals surface area contributed by atoms with E-state index in [2.05, 4.69) is 20.7 Å². The minimum absolute atomic E-state index is 0.103. The molecule has 0 radical (unpaired) electrons. The average molecular weight is 320 g/mol. The van der Waals surface area contributed by atoms with Crippen molar-refractivity contribution in [2.24, 2.45) is 5.10 Å². The number of phenolic OH excluding ortho intramolecular Hbond substituents is 1. The summed E-state index contributed by atoms with van der Waals surface area (Å²) >= 11 is 0. The van der Waals surface area contributed by atoms with Crippen molar-refractivity contribution >= 4 is 12.1 Å². The number of nitrogens with one attached hydrogen (secondary N) is 2. The van der Waals surface area contributed by atoms with E-state index in [4.69, 9.17) is 0 Å². The molecule has 0 fully saturated rings. The number of hydrogen-bond acceptors (Lipinski definition) is 4. The molecule has 3 aromatic rings. The van der Waals surface area contributed by atoms with Crippen LogP contribution in [0.1, 0.15) is 21.6 Å². The summed E-state index contributed by atoms with van der Waals surface area (Å²) in [7, 11) is 0. The molecule has 0 spiro atoms. The summed E-state index contributed by atoms with van der Waals surface area (Å²) in [6.45, 7) is 1.91. The van der Waals surface area contributed by atoms with Crippen molar-refractivity contribution in [2.45, 2.75) is 6.92 Å². The van der Waals surface area contributed by atoms with E-state index in [0.717, 1.165) is 11.1 Å². The Morgan fingerprint density at radius 2 is 2.00 bits per heavy atom. The van der Waals surface area contributed by atoms with Crippen molar-refractivity contribution in [3.8, 4) is 17.0 Å². The summed E-state index contributed by atoms with van der Waals surface area (Å²) < 4.78 is 0. The van der Waals surface area contributed by atoms with Crippen molar-refractivity contribution in [3.05, 3.63) is 71.4 Å². The zero-order chi connectivity index (χ0) is 16.9. The maximum absolute atomic E-state index is 12.1. The number of aromatic hydroxyl groups is 1. The lowest BCUT2D eigenvalue weighted by atomic mass is 10.1. The molecular weight excluding hydrogens is 304 g/mol. The van der Waals surface area contributed by atoms with E-state index in [1.807, 2.05) is 37.3 Å². The lowest BCUT2D eigenvalue weighted by Crippen LogP contribution is -2.18. The van der Waals surface area contributed by atoms with E-state index < -0.39 is 5.91 Å². The fraction of sp³-hybridized carbons (Fsp3) is 0.0556. The van der Waals surface area contributed by atoms with Gasteiger partial charge in [0.15, 0.2) is 0 Å². The molecule has 1 aromatic heterocycles. The highest BCUT2D eigenvalue weighted by atomic mass is 16.3. The number of nitrogens with zero attached hydrogens (tertiary/aromatic N) is 2. The molecule has 6 heteroatoms. The zero-order valence-corrected chi connectivity index (χ0v) is 13.0. The van der Waals surface area contributed by atoms with Crippen molar-refractivity contribution in [3.63, 3.8) is 0 Å². The summed E-state index contributed by atoms with van der Waals surface area (Å²) in [5.41, 5.74) is 5.83. The highest BCUT2D eigenvalue weighted by Crippen LogP contribution is 2.17. The minimum Gasteiger partial charge on any atom is -0.507 e. The van der Waals surface area contributed by atoms with Gasteiger partial charge in [-0.2, -0.15) is 10.2 Å². The van der Waals surface area contributed by atoms with Crippen LogP contribution in [0.2, 0.25) is 0 Å². The van der Waals surface area contributed by atoms with Crippen molar-refractivity contribution in [2.75, 3.05) is 0 Å². The van der Waals surface area contributed by atoms with Gasteiger partial charge in [0.1, 0.15) is 11.4 Å². The second kappa shape index (κ2) is 6.78. The van der Waals surface area contributed by atoms with Crippen LogP contribution < -0.4 is 5.43 Å². The Kier molecular flexibility index (Phi) is 4.38. The summed E-state index contributed by atoms with van der Waals surface area (Å²) in [5, 5.41) is 20.4. The number of benzene rings is 2. The van der Waals surface area contributed by atoms with Crippen LogP contribution in [0, 0.1) is 6.92 Å². The molecule has 0 aliphatic rings. The Morgan fingerprint density at radius 3 is 2.79 bits per heavy atom. The van der Waals surface area contributed by atoms with E-state index in [1.165, 1.54) is 6.21 Å². The lowest BCUT2D eigenvalue weighted by molar-refractivity contribution is 0.0950. The highest BCUT2D eigenvalue weighted by molar-refractivity contribution is 5.94. The molecule has 2 aromatic carbocycles. The number of phenols is 1. The van der Waals surface area contributed by atoms with Crippen LogP contribution in [0.3, 0.4) is 0 Å². The lowest BCUT2D eigenvalue weighted by Gasteiger charge is -2.00. The van der Waals surface area contributed by atoms with Gasteiger partial charge in [-0.25, -0.2) is 5.43 Å². The van der Waals surface area contributed by atoms with E-state index in [9.17, 15) is 9.90 Å². The van der Waals surface area contributed by atoms with Crippen LogP contribution >= 0.6 is 0 Å². The SMILES string of the molecule is Cc1ccc(O)c(/C=N/NC(=O)c2cc(-c3ccccc3)n[nH]2)c1. The van der Waals surface area contributed by atoms with Gasteiger partial charge in [-0.1, -0.05) is 42.0 Å². The first-order chi connectivity index (χ1) is 11.6. The molecule has 0 saturated carbocycles. The monoisotopic (exact) mass is 320 g/mol. The third-order valence-corrected chi connectivity index (χ3v) is 3.44. The number of hydrogen-bond donors (Lipinski definition) is 3. The average Bonchev–Trinajstić information content (AvgIpc) is 3.09. The third kappa shape index (κ3) is 3.49. The highest BCUT2D eigenvalue weighted by Gasteiger charge is 2.10. The smallest absolute Gasteiger partial charge is 0.289 e. The van der Waals surface area contributed by atoms with Gasteiger partial charge in [-0.05, 0) is 25.1 Å². The first-order valence-corrected chi connectivity index (χ1v) is 7.37. The van der Waals surface area contributed by atoms with Gasteiger partial charge in [0.2, 0.25) is 0 Å². The fourth-order valence-electron chi connectivity index (χ4n) is 2.19. The molecule has 0 atom stereocenters. The molecule has 0 aliphatic heterocycles. The van der Waals surface area contributed by atoms with E-state index >= 15 is 0 Å². The molecule has 3 rings (SSSR count). The number of aromatic nitrogens is 2. The summed E-state index contributed by atoms with van der Waals surface area (Å²) in [4.78, 5) is 12.1. The van der Waals surface area contributed by atoms with Gasteiger partial charge in [0.25, 0.3) is 5.91 Å². The third-order valence-electron chi connectivity index (χ3n) is 3.44. The minimum atomic E-state index is -0.409. The van der Waals surface area contributed by atoms with E-state index in [0.29, 0.717) is 17.0 Å². The molecule has 0 aliphatic carbocycles. The predicted octanol–water partition coefficient (Wildman–Crippen LogP) is 2.85. The second-order valence-electron chi connectivity index (χ2n) is 5.29. The summed E-state index contributed by atoms with van der Waals surface area (Å²) in [6, 6.07) is 16.4. The quantitative estimate of drug-likeness (QED) is 0.510. The number of hydrazone groups is 1. The van der Waals surface area contributed by atoms with Gasteiger partial charge < -0.3 is 5.11 Å². The number of aryl methyl sites for hydroxylation is 1. The molecular formula is C18H16N4O2. The first kappa shape index (κ1) is 15.5. The number of amides is 1. The molecule has 0 unspecified atom stereocenters. The number of H-pyrrole nitrogens is 1. The van der Waals surface area contributed by atoms with Gasteiger partial charge >= 0.3 is 0 Å². The van der Waals surface area contributed by atoms with Crippen molar-refractivity contribution in [1.29, 1.82) is 0 Å². The van der Waals surface area contributed by atoms with Crippen LogP contribution in [-0.4, -0.2) is 27.4 Å². The molecule has 0 bridgehead atoms. The molecule has 120 valence electrons. The number of carbonyl (C=O) groups excluding carboxylic acids is 1. The normalized spacial score (nSPS) is 10.9. The fourth-order valence-corrected chi connectivity index (χ4v) is 2.19. The van der Waals surface area contributed by atoms with Gasteiger partial charge in [0, 0.05) is 11.1 Å². The molecule has 24 heavy (non-hydrogen) atoms. The van der Waals surface area contributed by atoms with Crippen LogP contribution in [0.25, 0.3) is 11.3 Å². The van der Waals surface area contributed by atoms with Crippen molar-refractivity contribution < 1.29 is 9.90 Å². The standard InChI is InChI=1S/C18H16N4O2/c1-12-7-8-17(23)14(9-12)11-19-22-18(24)16-10-15(20-21-16)13-5-3-2-4-6-13/h2-11,23H,1H3,(H,20,21)(H,22,24)/b19-11+. The topological polar surface area (TPSA) is 90.4 Å². The Balaban J connectivity index is 1.68. The summed E-state index contributed by atoms with van der Waals surface area (Å²) in [6.07, 6.45) is 1.40. The maximum Gasteiger partial charge on any atom is 0.289 e. The number of rotatable bonds is 4. The van der Waals surface area contributed by atoms with Crippen LogP contribution in [0.15, 0.2) is 59.7 Å². The Labute approximate surface area is 138 Å². The Morgan fingerprint density at radius 1 is 1.21 bits per heavy atom. The number of aromatic amines is 1. The molecule has 6 nitrogen and oxygen atoms in total. The van der Waals surface area contributed by atoms with Crippen LogP contribution in [0.4, 0.5) is 0 Å². The second-order valence-corrected chi connectivity index (χ2v) is 5.29. The first-order valence-electron chi connectivity index (χ1n) is 7.37. The van der Waals surface area contributed by atoms with Gasteiger partial charge in [-0.15, -0.1) is 0 Å². The Hall–Kier alpha value is -3.41. The molecule has 1 amide bonds. The van der Waals surface area contributed by atoms with E-state index in [1.54, 1.807) is 24.3 Å². The van der Waals surface area contributed by atoms with Gasteiger partial charge in [0.05, 0.1) is 11.9 Å². The zero-order valence-electron chi connectivity index (χ0n) is 13.0. The summed E-state index contributed by atoms with van der Waals surface area (Å²) in [5.74, 6) is -0.306. The van der Waals surface area contributed by atoms with Crippen molar-refractivity contribution in [1.82, 2.24) is 15.6 Å². The van der Waals surface area contributed by atoms with Gasteiger partial charge in [-0.3, -0.25) is 9.89 Å². The molecule has 1 heterocycles. The van der Waals surface area contributed by atoms with Crippen LogP contribution in [0.5, 0.6) is 5.75 Å². The number of carbonyl (C=O) groups is 1. The predicted molar refractivity (Wildman–Crippen MR) is 91.9 cm³/mol. The largest absolute Gasteiger partial charge is 0.507 e. The van der Waals surface area contributed by atoms with Crippen LogP contribution in [-0.2, 0) is 0 Å². The molecule has 3 N–H and O–H groups in total. The van der Waals surface area contributed by atoms with E-state index in [-0.39, 0.29) is 5.75 Å². The molecule has 0 saturated heterocycles. The maximum atomic E-state index is 12.1.